The molecule has 0 amide bonds. The lowest BCUT2D eigenvalue weighted by molar-refractivity contribution is 0.707. The van der Waals surface area contributed by atoms with E-state index in [9.17, 15) is 4.79 Å². The molecule has 0 aliphatic rings. The summed E-state index contributed by atoms with van der Waals surface area (Å²) in [6.07, 6.45) is 0. The van der Waals surface area contributed by atoms with E-state index in [2.05, 4.69) is 22.6 Å². The average Bonchev–Trinajstić information content (AvgIpc) is 2.73. The van der Waals surface area contributed by atoms with Crippen LogP contribution in [0.15, 0.2) is 65.5 Å². The maximum atomic E-state index is 12.5. The quantitative estimate of drug-likeness (QED) is 0.629. The van der Waals surface area contributed by atoms with Gasteiger partial charge in [-0.05, 0) is 53.8 Å². The number of halogens is 1. The van der Waals surface area contributed by atoms with Crippen LogP contribution >= 0.6 is 22.6 Å². The minimum atomic E-state index is 0.0122. The summed E-state index contributed by atoms with van der Waals surface area (Å²) in [4.78, 5) is 12.5. The van der Waals surface area contributed by atoms with E-state index in [0.29, 0.717) is 0 Å². The number of nitrogens with zero attached hydrogens (tertiary/aromatic N) is 2. The minimum absolute atomic E-state index is 0.0122. The number of benzene rings is 2. The highest BCUT2D eigenvalue weighted by Gasteiger charge is 2.16. The van der Waals surface area contributed by atoms with Crippen molar-refractivity contribution in [2.24, 2.45) is 0 Å². The van der Waals surface area contributed by atoms with Gasteiger partial charge in [0.1, 0.15) is 3.57 Å². The molecule has 3 aromatic rings. The Hall–Kier alpha value is -1.82. The summed E-state index contributed by atoms with van der Waals surface area (Å²) in [6, 6.07) is 19.6. The van der Waals surface area contributed by atoms with Gasteiger partial charge in [0.05, 0.1) is 17.1 Å². The third kappa shape index (κ3) is 2.10. The Bertz CT molecular complexity index is 789. The van der Waals surface area contributed by atoms with Crippen LogP contribution in [0, 0.1) is 10.5 Å². The van der Waals surface area contributed by atoms with E-state index >= 15 is 0 Å². The minimum Gasteiger partial charge on any atom is -0.266 e. The number of aromatic nitrogens is 2. The summed E-state index contributed by atoms with van der Waals surface area (Å²) in [7, 11) is 0. The van der Waals surface area contributed by atoms with Gasteiger partial charge in [-0.2, -0.15) is 0 Å². The molecule has 0 atom stereocenters. The van der Waals surface area contributed by atoms with E-state index in [1.165, 1.54) is 0 Å². The van der Waals surface area contributed by atoms with Crippen LogP contribution in [0.1, 0.15) is 5.69 Å². The number of hydrogen-bond donors (Lipinski definition) is 0. The normalized spacial score (nSPS) is 10.7. The van der Waals surface area contributed by atoms with Gasteiger partial charge >= 0.3 is 0 Å². The Morgan fingerprint density at radius 3 is 1.75 bits per heavy atom. The summed E-state index contributed by atoms with van der Waals surface area (Å²) in [5.74, 6) is 0. The van der Waals surface area contributed by atoms with Gasteiger partial charge in [0.15, 0.2) is 0 Å². The van der Waals surface area contributed by atoms with Gasteiger partial charge in [0, 0.05) is 0 Å². The molecule has 0 N–H and O–H groups in total. The van der Waals surface area contributed by atoms with Gasteiger partial charge in [-0.3, -0.25) is 4.79 Å². The molecule has 0 saturated carbocycles. The zero-order valence-electron chi connectivity index (χ0n) is 11.0. The fraction of sp³-hybridized carbons (Fsp3) is 0.0625. The van der Waals surface area contributed by atoms with E-state index in [1.807, 2.05) is 72.3 Å². The SMILES string of the molecule is Cc1c(I)c(=O)n(-c2ccccc2)n1-c1ccccc1. The average molecular weight is 376 g/mol. The molecule has 0 bridgehead atoms. The van der Waals surface area contributed by atoms with Gasteiger partial charge in [0.25, 0.3) is 5.56 Å². The smallest absolute Gasteiger partial charge is 0.266 e. The molecule has 4 heteroatoms. The molecule has 0 radical (unpaired) electrons. The predicted molar refractivity (Wildman–Crippen MR) is 88.8 cm³/mol. The Kier molecular flexibility index (Phi) is 3.48. The molecule has 0 fully saturated rings. The lowest BCUT2D eigenvalue weighted by atomic mass is 10.3. The molecule has 0 saturated heterocycles. The lowest BCUT2D eigenvalue weighted by Crippen LogP contribution is -2.21. The standard InChI is InChI=1S/C16H13IN2O/c1-12-15(17)16(20)19(14-10-6-3-7-11-14)18(12)13-8-4-2-5-9-13/h2-11H,1H3. The zero-order valence-corrected chi connectivity index (χ0v) is 13.1. The summed E-state index contributed by atoms with van der Waals surface area (Å²) in [5.41, 5.74) is 2.81. The second kappa shape index (κ2) is 5.28. The molecule has 0 unspecified atom stereocenters. The molecule has 3 nitrogen and oxygen atoms in total. The Morgan fingerprint density at radius 2 is 1.25 bits per heavy atom. The Labute approximate surface area is 130 Å². The summed E-state index contributed by atoms with van der Waals surface area (Å²) >= 11 is 2.11. The van der Waals surface area contributed by atoms with Gasteiger partial charge in [-0.25, -0.2) is 9.36 Å². The monoisotopic (exact) mass is 376 g/mol. The molecule has 3 rings (SSSR count). The highest BCUT2D eigenvalue weighted by atomic mass is 127. The van der Waals surface area contributed by atoms with Crippen LogP contribution in [-0.2, 0) is 0 Å². The first kappa shape index (κ1) is 13.2. The fourth-order valence-electron chi connectivity index (χ4n) is 2.26. The molecule has 1 heterocycles. The Balaban J connectivity index is 2.36. The summed E-state index contributed by atoms with van der Waals surface area (Å²) in [5, 5.41) is 0. The summed E-state index contributed by atoms with van der Waals surface area (Å²) in [6.45, 7) is 1.97. The fourth-order valence-corrected chi connectivity index (χ4v) is 2.72. The molecule has 100 valence electrons. The molecule has 20 heavy (non-hydrogen) atoms. The Morgan fingerprint density at radius 1 is 0.800 bits per heavy atom. The molecule has 0 aliphatic carbocycles. The molecular formula is C16H13IN2O. The number of rotatable bonds is 2. The van der Waals surface area contributed by atoms with E-state index in [4.69, 9.17) is 0 Å². The molecule has 0 aliphatic heterocycles. The second-order valence-corrected chi connectivity index (χ2v) is 5.58. The second-order valence-electron chi connectivity index (χ2n) is 4.50. The van der Waals surface area contributed by atoms with Gasteiger partial charge < -0.3 is 0 Å². The van der Waals surface area contributed by atoms with Crippen LogP contribution in [0.25, 0.3) is 11.4 Å². The van der Waals surface area contributed by atoms with Gasteiger partial charge in [-0.15, -0.1) is 0 Å². The van der Waals surface area contributed by atoms with E-state index in [0.717, 1.165) is 20.6 Å². The number of para-hydroxylation sites is 2. The highest BCUT2D eigenvalue weighted by Crippen LogP contribution is 2.18. The van der Waals surface area contributed by atoms with Crippen LogP contribution < -0.4 is 5.56 Å². The maximum Gasteiger partial charge on any atom is 0.285 e. The first-order chi connectivity index (χ1) is 9.70. The number of hydrogen-bond acceptors (Lipinski definition) is 1. The van der Waals surface area contributed by atoms with Crippen molar-refractivity contribution in [3.05, 3.63) is 80.3 Å². The van der Waals surface area contributed by atoms with E-state index in [-0.39, 0.29) is 5.56 Å². The first-order valence-corrected chi connectivity index (χ1v) is 7.39. The third-order valence-electron chi connectivity index (χ3n) is 3.22. The molecule has 0 spiro atoms. The summed E-state index contributed by atoms with van der Waals surface area (Å²) < 4.78 is 4.42. The predicted octanol–water partition coefficient (Wildman–Crippen LogP) is 3.54. The van der Waals surface area contributed by atoms with Gasteiger partial charge in [0.2, 0.25) is 0 Å². The van der Waals surface area contributed by atoms with Crippen molar-refractivity contribution in [2.75, 3.05) is 0 Å². The molecule has 2 aromatic carbocycles. The maximum absolute atomic E-state index is 12.5. The van der Waals surface area contributed by atoms with E-state index < -0.39 is 0 Å². The van der Waals surface area contributed by atoms with Crippen molar-refractivity contribution >= 4 is 22.6 Å². The van der Waals surface area contributed by atoms with E-state index in [1.54, 1.807) is 4.68 Å². The lowest BCUT2D eigenvalue weighted by Gasteiger charge is -2.13. The van der Waals surface area contributed by atoms with Crippen molar-refractivity contribution in [2.45, 2.75) is 6.92 Å². The van der Waals surface area contributed by atoms with Crippen LogP contribution in [0.2, 0.25) is 0 Å². The first-order valence-electron chi connectivity index (χ1n) is 6.31. The van der Waals surface area contributed by atoms with Crippen LogP contribution in [-0.4, -0.2) is 9.36 Å². The van der Waals surface area contributed by atoms with Crippen molar-refractivity contribution in [3.8, 4) is 11.4 Å². The van der Waals surface area contributed by atoms with Crippen molar-refractivity contribution in [3.63, 3.8) is 0 Å². The molecular weight excluding hydrogens is 363 g/mol. The topological polar surface area (TPSA) is 26.9 Å². The van der Waals surface area contributed by atoms with Crippen molar-refractivity contribution in [1.82, 2.24) is 9.36 Å². The largest absolute Gasteiger partial charge is 0.285 e. The van der Waals surface area contributed by atoms with Gasteiger partial charge in [-0.1, -0.05) is 36.4 Å². The van der Waals surface area contributed by atoms with Crippen molar-refractivity contribution in [1.29, 1.82) is 0 Å². The third-order valence-corrected chi connectivity index (χ3v) is 4.46. The highest BCUT2D eigenvalue weighted by molar-refractivity contribution is 14.1. The van der Waals surface area contributed by atoms with Crippen LogP contribution in [0.3, 0.4) is 0 Å². The van der Waals surface area contributed by atoms with Crippen LogP contribution in [0.4, 0.5) is 0 Å². The van der Waals surface area contributed by atoms with Crippen molar-refractivity contribution < 1.29 is 0 Å². The molecule has 1 aromatic heterocycles. The zero-order chi connectivity index (χ0) is 14.1. The van der Waals surface area contributed by atoms with Crippen LogP contribution in [0.5, 0.6) is 0 Å².